The summed E-state index contributed by atoms with van der Waals surface area (Å²) in [6, 6.07) is 10.6. The van der Waals surface area contributed by atoms with Gasteiger partial charge in [0, 0.05) is 6.04 Å². The molecule has 100 valence electrons. The number of benzene rings is 1. The molecule has 0 aliphatic heterocycles. The van der Waals surface area contributed by atoms with Gasteiger partial charge in [0.1, 0.15) is 0 Å². The van der Waals surface area contributed by atoms with Crippen LogP contribution in [0.3, 0.4) is 0 Å². The fourth-order valence-electron chi connectivity index (χ4n) is 2.75. The first kappa shape index (κ1) is 13.6. The zero-order chi connectivity index (χ0) is 12.6. The minimum Gasteiger partial charge on any atom is -0.388 e. The number of rotatable bonds is 5. The van der Waals surface area contributed by atoms with Gasteiger partial charge in [0.15, 0.2) is 0 Å². The second-order valence-electron chi connectivity index (χ2n) is 5.36. The number of nitrogens with one attached hydrogen (secondary N) is 1. The second-order valence-corrected chi connectivity index (χ2v) is 5.36. The lowest BCUT2D eigenvalue weighted by atomic mass is 10.1. The van der Waals surface area contributed by atoms with Gasteiger partial charge < -0.3 is 10.4 Å². The lowest BCUT2D eigenvalue weighted by Crippen LogP contribution is -2.30. The van der Waals surface area contributed by atoms with Gasteiger partial charge in [0.2, 0.25) is 0 Å². The molecule has 0 spiro atoms. The van der Waals surface area contributed by atoms with Gasteiger partial charge >= 0.3 is 0 Å². The predicted octanol–water partition coefficient (Wildman–Crippen LogP) is 3.42. The highest BCUT2D eigenvalue weighted by Gasteiger charge is 2.12. The van der Waals surface area contributed by atoms with Gasteiger partial charge in [-0.15, -0.1) is 0 Å². The van der Waals surface area contributed by atoms with E-state index in [1.807, 2.05) is 30.3 Å². The van der Waals surface area contributed by atoms with E-state index in [4.69, 9.17) is 0 Å². The Morgan fingerprint density at radius 2 is 1.72 bits per heavy atom. The van der Waals surface area contributed by atoms with Crippen LogP contribution in [-0.4, -0.2) is 17.7 Å². The van der Waals surface area contributed by atoms with Gasteiger partial charge in [-0.2, -0.15) is 0 Å². The first-order valence-electron chi connectivity index (χ1n) is 7.32. The van der Waals surface area contributed by atoms with Crippen molar-refractivity contribution in [3.63, 3.8) is 0 Å². The fourth-order valence-corrected chi connectivity index (χ4v) is 2.75. The highest BCUT2D eigenvalue weighted by molar-refractivity contribution is 5.17. The van der Waals surface area contributed by atoms with Crippen LogP contribution in [0.4, 0.5) is 0 Å². The van der Waals surface area contributed by atoms with Gasteiger partial charge in [0.05, 0.1) is 6.10 Å². The van der Waals surface area contributed by atoms with E-state index in [0.29, 0.717) is 6.04 Å². The van der Waals surface area contributed by atoms with Gasteiger partial charge in [0.25, 0.3) is 0 Å². The van der Waals surface area contributed by atoms with Crippen molar-refractivity contribution in [2.24, 2.45) is 0 Å². The molecule has 0 bridgehead atoms. The van der Waals surface area contributed by atoms with Crippen molar-refractivity contribution in [2.75, 3.05) is 6.54 Å². The van der Waals surface area contributed by atoms with Crippen molar-refractivity contribution >= 4 is 0 Å². The smallest absolute Gasteiger partial charge is 0.0802 e. The fraction of sp³-hybridized carbons (Fsp3) is 0.625. The van der Waals surface area contributed by atoms with Crippen molar-refractivity contribution in [1.29, 1.82) is 0 Å². The highest BCUT2D eigenvalue weighted by Crippen LogP contribution is 2.18. The summed E-state index contributed by atoms with van der Waals surface area (Å²) in [7, 11) is 0. The summed E-state index contributed by atoms with van der Waals surface area (Å²) in [6.07, 6.45) is 8.60. The minimum absolute atomic E-state index is 0.329. The molecule has 0 radical (unpaired) electrons. The van der Waals surface area contributed by atoms with Gasteiger partial charge in [-0.1, -0.05) is 56.0 Å². The summed E-state index contributed by atoms with van der Waals surface area (Å²) in [4.78, 5) is 0. The Labute approximate surface area is 110 Å². The Kier molecular flexibility index (Phi) is 5.69. The molecule has 1 aromatic carbocycles. The number of aliphatic hydroxyl groups is 1. The third-order valence-corrected chi connectivity index (χ3v) is 3.89. The van der Waals surface area contributed by atoms with E-state index in [0.717, 1.165) is 18.5 Å². The second kappa shape index (κ2) is 7.55. The number of hydrogen-bond donors (Lipinski definition) is 2. The van der Waals surface area contributed by atoms with Crippen LogP contribution in [0.15, 0.2) is 30.3 Å². The van der Waals surface area contributed by atoms with Crippen molar-refractivity contribution in [2.45, 2.75) is 57.1 Å². The van der Waals surface area contributed by atoms with Crippen LogP contribution in [0, 0.1) is 0 Å². The van der Waals surface area contributed by atoms with Crippen LogP contribution >= 0.6 is 0 Å². The largest absolute Gasteiger partial charge is 0.388 e. The number of aliphatic hydroxyl groups excluding tert-OH is 1. The molecule has 0 aromatic heterocycles. The molecule has 1 unspecified atom stereocenters. The van der Waals surface area contributed by atoms with Gasteiger partial charge in [-0.05, 0) is 31.4 Å². The molecule has 18 heavy (non-hydrogen) atoms. The summed E-state index contributed by atoms with van der Waals surface area (Å²) in [5.74, 6) is 0. The Morgan fingerprint density at radius 1 is 1.06 bits per heavy atom. The molecule has 0 amide bonds. The molecule has 1 saturated carbocycles. The Morgan fingerprint density at radius 3 is 2.39 bits per heavy atom. The van der Waals surface area contributed by atoms with Crippen LogP contribution in [0.5, 0.6) is 0 Å². The van der Waals surface area contributed by atoms with Crippen LogP contribution in [0.2, 0.25) is 0 Å². The maximum absolute atomic E-state index is 10.1. The zero-order valence-corrected chi connectivity index (χ0v) is 11.1. The van der Waals surface area contributed by atoms with Crippen LogP contribution < -0.4 is 5.32 Å². The molecule has 2 nitrogen and oxygen atoms in total. The molecule has 0 heterocycles. The van der Waals surface area contributed by atoms with E-state index in [2.05, 4.69) is 5.32 Å². The minimum atomic E-state index is -0.329. The Hall–Kier alpha value is -0.860. The molecule has 1 fully saturated rings. The molecule has 2 N–H and O–H groups in total. The monoisotopic (exact) mass is 247 g/mol. The number of hydrogen-bond acceptors (Lipinski definition) is 2. The average molecular weight is 247 g/mol. The Bertz CT molecular complexity index is 317. The van der Waals surface area contributed by atoms with Crippen LogP contribution in [0.25, 0.3) is 0 Å². The third-order valence-electron chi connectivity index (χ3n) is 3.89. The summed E-state index contributed by atoms with van der Waals surface area (Å²) >= 11 is 0. The van der Waals surface area contributed by atoms with E-state index >= 15 is 0 Å². The topological polar surface area (TPSA) is 32.3 Å². The van der Waals surface area contributed by atoms with Crippen molar-refractivity contribution in [3.8, 4) is 0 Å². The maximum Gasteiger partial charge on any atom is 0.0802 e. The van der Waals surface area contributed by atoms with Crippen LogP contribution in [0.1, 0.15) is 56.6 Å². The van der Waals surface area contributed by atoms with E-state index in [1.165, 1.54) is 38.5 Å². The van der Waals surface area contributed by atoms with E-state index in [1.54, 1.807) is 0 Å². The van der Waals surface area contributed by atoms with Gasteiger partial charge in [-0.3, -0.25) is 0 Å². The van der Waals surface area contributed by atoms with Crippen molar-refractivity contribution in [1.82, 2.24) is 5.32 Å². The maximum atomic E-state index is 10.1. The summed E-state index contributed by atoms with van der Waals surface area (Å²) in [5, 5.41) is 13.7. The molecule has 0 saturated heterocycles. The van der Waals surface area contributed by atoms with Crippen molar-refractivity contribution < 1.29 is 5.11 Å². The van der Waals surface area contributed by atoms with Gasteiger partial charge in [-0.25, -0.2) is 0 Å². The summed E-state index contributed by atoms with van der Waals surface area (Å²) in [6.45, 7) is 0.917. The average Bonchev–Trinajstić information content (AvgIpc) is 2.68. The molecule has 2 heteroatoms. The normalized spacial score (nSPS) is 19.4. The van der Waals surface area contributed by atoms with Crippen molar-refractivity contribution in [3.05, 3.63) is 35.9 Å². The third kappa shape index (κ3) is 4.43. The van der Waals surface area contributed by atoms with Crippen LogP contribution in [-0.2, 0) is 0 Å². The van der Waals surface area contributed by atoms with E-state index in [-0.39, 0.29) is 6.10 Å². The first-order chi connectivity index (χ1) is 8.86. The molecular formula is C16H25NO. The molecule has 1 atom stereocenters. The Balaban J connectivity index is 1.68. The molecule has 2 rings (SSSR count). The quantitative estimate of drug-likeness (QED) is 0.781. The predicted molar refractivity (Wildman–Crippen MR) is 75.5 cm³/mol. The summed E-state index contributed by atoms with van der Waals surface area (Å²) in [5.41, 5.74) is 1.03. The van der Waals surface area contributed by atoms with E-state index < -0.39 is 0 Å². The zero-order valence-electron chi connectivity index (χ0n) is 11.1. The first-order valence-corrected chi connectivity index (χ1v) is 7.32. The van der Waals surface area contributed by atoms with E-state index in [9.17, 15) is 5.11 Å². The molecule has 1 aliphatic carbocycles. The molecular weight excluding hydrogens is 222 g/mol. The SMILES string of the molecule is OC(CCNC1CCCCCC1)c1ccccc1. The highest BCUT2D eigenvalue weighted by atomic mass is 16.3. The molecule has 1 aromatic rings. The standard InChI is InChI=1S/C16H25NO/c18-16(14-8-4-3-5-9-14)12-13-17-15-10-6-1-2-7-11-15/h3-5,8-9,15-18H,1-2,6-7,10-13H2. The lowest BCUT2D eigenvalue weighted by molar-refractivity contribution is 0.165. The summed E-state index contributed by atoms with van der Waals surface area (Å²) < 4.78 is 0. The lowest BCUT2D eigenvalue weighted by Gasteiger charge is -2.18. The molecule has 1 aliphatic rings.